The summed E-state index contributed by atoms with van der Waals surface area (Å²) in [5.74, 6) is 1.43. The quantitative estimate of drug-likeness (QED) is 0.769. The van der Waals surface area contributed by atoms with Crippen LogP contribution in [-0.2, 0) is 4.79 Å². The van der Waals surface area contributed by atoms with E-state index in [1.54, 1.807) is 25.1 Å². The molecule has 140 valence electrons. The number of likely N-dealkylation sites (tertiary alicyclic amines) is 1. The van der Waals surface area contributed by atoms with Crippen LogP contribution in [0, 0.1) is 5.92 Å². The first-order valence-corrected chi connectivity index (χ1v) is 9.42. The van der Waals surface area contributed by atoms with Gasteiger partial charge in [0, 0.05) is 29.2 Å². The first-order valence-electron chi connectivity index (χ1n) is 8.66. The molecule has 2 aliphatic rings. The molecule has 2 fully saturated rings. The Labute approximate surface area is 165 Å². The molecular formula is C18H25Cl3N2O2. The second kappa shape index (κ2) is 9.31. The number of nitrogens with one attached hydrogen (secondary N) is 1. The fourth-order valence-electron chi connectivity index (χ4n) is 3.07. The van der Waals surface area contributed by atoms with Crippen molar-refractivity contribution in [2.75, 3.05) is 19.6 Å². The van der Waals surface area contributed by atoms with E-state index in [2.05, 4.69) is 5.32 Å². The van der Waals surface area contributed by atoms with E-state index in [1.807, 2.05) is 4.90 Å². The number of carbonyl (C=O) groups is 1. The molecule has 0 radical (unpaired) electrons. The standard InChI is InChI=1S/C18H24Cl2N2O2.ClH/c1-12(24-17-9-14(19)8-15(20)10-17)18(23)22-6-4-16(5-7-22)21-11-13-2-3-13;/h8-10,12-13,16,21H,2-7,11H2,1H3;1H. The van der Waals surface area contributed by atoms with E-state index in [0.29, 0.717) is 21.8 Å². The van der Waals surface area contributed by atoms with Gasteiger partial charge in [0.2, 0.25) is 0 Å². The number of ether oxygens (including phenoxy) is 1. The zero-order valence-corrected chi connectivity index (χ0v) is 16.7. The molecule has 0 spiro atoms. The van der Waals surface area contributed by atoms with Crippen molar-refractivity contribution < 1.29 is 9.53 Å². The molecule has 1 aromatic rings. The van der Waals surface area contributed by atoms with Crippen molar-refractivity contribution in [1.29, 1.82) is 0 Å². The summed E-state index contributed by atoms with van der Waals surface area (Å²) in [6.45, 7) is 4.47. The molecule has 1 amide bonds. The molecule has 4 nitrogen and oxygen atoms in total. The van der Waals surface area contributed by atoms with Crippen LogP contribution in [-0.4, -0.2) is 42.6 Å². The minimum Gasteiger partial charge on any atom is -0.481 e. The number of nitrogens with zero attached hydrogens (tertiary/aromatic N) is 1. The van der Waals surface area contributed by atoms with E-state index >= 15 is 0 Å². The van der Waals surface area contributed by atoms with Crippen LogP contribution >= 0.6 is 35.6 Å². The van der Waals surface area contributed by atoms with E-state index in [0.717, 1.165) is 38.4 Å². The van der Waals surface area contributed by atoms with E-state index in [9.17, 15) is 4.79 Å². The number of rotatable bonds is 6. The summed E-state index contributed by atoms with van der Waals surface area (Å²) in [7, 11) is 0. The second-order valence-electron chi connectivity index (χ2n) is 6.82. The molecule has 3 rings (SSSR count). The van der Waals surface area contributed by atoms with E-state index in [4.69, 9.17) is 27.9 Å². The summed E-state index contributed by atoms with van der Waals surface area (Å²) in [5.41, 5.74) is 0. The minimum atomic E-state index is -0.546. The van der Waals surface area contributed by atoms with Gasteiger partial charge in [-0.25, -0.2) is 0 Å². The smallest absolute Gasteiger partial charge is 0.263 e. The Morgan fingerprint density at radius 3 is 2.36 bits per heavy atom. The maximum atomic E-state index is 12.6. The van der Waals surface area contributed by atoms with Gasteiger partial charge in [0.1, 0.15) is 5.75 Å². The van der Waals surface area contributed by atoms with Crippen molar-refractivity contribution in [1.82, 2.24) is 10.2 Å². The Morgan fingerprint density at radius 2 is 1.80 bits per heavy atom. The van der Waals surface area contributed by atoms with Crippen LogP contribution in [0.25, 0.3) is 0 Å². The number of halogens is 3. The third kappa shape index (κ3) is 6.21. The van der Waals surface area contributed by atoms with Crippen LogP contribution < -0.4 is 10.1 Å². The average molecular weight is 408 g/mol. The van der Waals surface area contributed by atoms with Crippen molar-refractivity contribution >= 4 is 41.5 Å². The van der Waals surface area contributed by atoms with E-state index in [-0.39, 0.29) is 18.3 Å². The molecule has 7 heteroatoms. The van der Waals surface area contributed by atoms with Gasteiger partial charge in [-0.3, -0.25) is 4.79 Å². The van der Waals surface area contributed by atoms with Gasteiger partial charge in [0.15, 0.2) is 6.10 Å². The molecule has 1 atom stereocenters. The van der Waals surface area contributed by atoms with Crippen molar-refractivity contribution in [2.24, 2.45) is 5.92 Å². The highest BCUT2D eigenvalue weighted by Gasteiger charge is 2.28. The van der Waals surface area contributed by atoms with Gasteiger partial charge in [-0.15, -0.1) is 12.4 Å². The van der Waals surface area contributed by atoms with Gasteiger partial charge in [0.25, 0.3) is 5.91 Å². The monoisotopic (exact) mass is 406 g/mol. The number of carbonyl (C=O) groups excluding carboxylic acids is 1. The third-order valence-electron chi connectivity index (χ3n) is 4.70. The molecule has 1 heterocycles. The number of hydrogen-bond acceptors (Lipinski definition) is 3. The van der Waals surface area contributed by atoms with E-state index in [1.165, 1.54) is 12.8 Å². The Balaban J connectivity index is 0.00000225. The molecule has 1 saturated heterocycles. The predicted molar refractivity (Wildman–Crippen MR) is 104 cm³/mol. The number of hydrogen-bond donors (Lipinski definition) is 1. The summed E-state index contributed by atoms with van der Waals surface area (Å²) in [5, 5.41) is 4.63. The summed E-state index contributed by atoms with van der Waals surface area (Å²) in [6, 6.07) is 5.52. The fourth-order valence-corrected chi connectivity index (χ4v) is 3.57. The molecular weight excluding hydrogens is 383 g/mol. The molecule has 1 aliphatic heterocycles. The average Bonchev–Trinajstić information content (AvgIpc) is 3.36. The Kier molecular flexibility index (Phi) is 7.68. The Bertz CT molecular complexity index is 567. The lowest BCUT2D eigenvalue weighted by Gasteiger charge is -2.34. The second-order valence-corrected chi connectivity index (χ2v) is 7.69. The molecule has 1 aliphatic carbocycles. The summed E-state index contributed by atoms with van der Waals surface area (Å²) in [6.07, 6.45) is 4.21. The van der Waals surface area contributed by atoms with Crippen LogP contribution in [0.15, 0.2) is 18.2 Å². The van der Waals surface area contributed by atoms with Crippen LogP contribution in [0.4, 0.5) is 0 Å². The maximum absolute atomic E-state index is 12.6. The summed E-state index contributed by atoms with van der Waals surface area (Å²) >= 11 is 11.9. The molecule has 25 heavy (non-hydrogen) atoms. The lowest BCUT2D eigenvalue weighted by atomic mass is 10.0. The predicted octanol–water partition coefficient (Wildman–Crippen LogP) is 4.17. The molecule has 1 unspecified atom stereocenters. The van der Waals surface area contributed by atoms with Crippen LogP contribution in [0.5, 0.6) is 5.75 Å². The molecule has 1 aromatic carbocycles. The van der Waals surface area contributed by atoms with Crippen molar-refractivity contribution in [3.63, 3.8) is 0 Å². The first-order chi connectivity index (χ1) is 11.5. The minimum absolute atomic E-state index is 0. The lowest BCUT2D eigenvalue weighted by Crippen LogP contribution is -2.48. The lowest BCUT2D eigenvalue weighted by molar-refractivity contribution is -0.139. The van der Waals surface area contributed by atoms with Gasteiger partial charge in [-0.05, 0) is 63.3 Å². The van der Waals surface area contributed by atoms with Crippen molar-refractivity contribution in [2.45, 2.75) is 44.8 Å². The Hall–Kier alpha value is -0.680. The van der Waals surface area contributed by atoms with Gasteiger partial charge in [0.05, 0.1) is 0 Å². The van der Waals surface area contributed by atoms with Crippen molar-refractivity contribution in [3.05, 3.63) is 28.2 Å². The van der Waals surface area contributed by atoms with Gasteiger partial charge in [-0.1, -0.05) is 23.2 Å². The van der Waals surface area contributed by atoms with Gasteiger partial charge >= 0.3 is 0 Å². The maximum Gasteiger partial charge on any atom is 0.263 e. The highest BCUT2D eigenvalue weighted by atomic mass is 35.5. The van der Waals surface area contributed by atoms with Gasteiger partial charge in [-0.2, -0.15) is 0 Å². The van der Waals surface area contributed by atoms with Gasteiger partial charge < -0.3 is 15.0 Å². The largest absolute Gasteiger partial charge is 0.481 e. The molecule has 1 saturated carbocycles. The fraction of sp³-hybridized carbons (Fsp3) is 0.611. The summed E-state index contributed by atoms with van der Waals surface area (Å²) in [4.78, 5) is 14.5. The molecule has 0 bridgehead atoms. The zero-order valence-electron chi connectivity index (χ0n) is 14.3. The topological polar surface area (TPSA) is 41.6 Å². The van der Waals surface area contributed by atoms with E-state index < -0.39 is 6.10 Å². The zero-order chi connectivity index (χ0) is 17.1. The van der Waals surface area contributed by atoms with Crippen LogP contribution in [0.1, 0.15) is 32.6 Å². The molecule has 0 aromatic heterocycles. The molecule has 1 N–H and O–H groups in total. The highest BCUT2D eigenvalue weighted by molar-refractivity contribution is 6.34. The van der Waals surface area contributed by atoms with Crippen molar-refractivity contribution in [3.8, 4) is 5.75 Å². The van der Waals surface area contributed by atoms with Crippen LogP contribution in [0.3, 0.4) is 0 Å². The SMILES string of the molecule is CC(Oc1cc(Cl)cc(Cl)c1)C(=O)N1CCC(NCC2CC2)CC1.Cl. The third-order valence-corrected chi connectivity index (χ3v) is 5.13. The first kappa shape index (κ1) is 20.6. The Morgan fingerprint density at radius 1 is 1.20 bits per heavy atom. The summed E-state index contributed by atoms with van der Waals surface area (Å²) < 4.78 is 5.73. The number of piperidine rings is 1. The number of amides is 1. The highest BCUT2D eigenvalue weighted by Crippen LogP contribution is 2.28. The normalized spacial score (nSPS) is 19.2. The number of benzene rings is 1. The van der Waals surface area contributed by atoms with Crippen LogP contribution in [0.2, 0.25) is 10.0 Å².